The van der Waals surface area contributed by atoms with E-state index in [4.69, 9.17) is 4.52 Å². The highest BCUT2D eigenvalue weighted by molar-refractivity contribution is 6.13. The second-order valence-corrected chi connectivity index (χ2v) is 4.82. The van der Waals surface area contributed by atoms with Gasteiger partial charge in [0, 0.05) is 5.69 Å². The molecular weight excluding hydrogens is 272 g/mol. The van der Waals surface area contributed by atoms with Gasteiger partial charge in [0.15, 0.2) is 5.82 Å². The highest BCUT2D eigenvalue weighted by Gasteiger charge is 2.43. The molecule has 1 aliphatic heterocycles. The van der Waals surface area contributed by atoms with Crippen LogP contribution in [0.2, 0.25) is 0 Å². The Morgan fingerprint density at radius 1 is 1.24 bits per heavy atom. The summed E-state index contributed by atoms with van der Waals surface area (Å²) in [4.78, 5) is 31.4. The van der Waals surface area contributed by atoms with Gasteiger partial charge < -0.3 is 4.52 Å². The van der Waals surface area contributed by atoms with E-state index in [2.05, 4.69) is 10.1 Å². The van der Waals surface area contributed by atoms with Crippen LogP contribution in [-0.4, -0.2) is 33.0 Å². The summed E-state index contributed by atoms with van der Waals surface area (Å²) in [5, 5.41) is 3.66. The first-order chi connectivity index (χ1) is 10.1. The number of carbonyl (C=O) groups is 2. The summed E-state index contributed by atoms with van der Waals surface area (Å²) in [6, 6.07) is 8.16. The van der Waals surface area contributed by atoms with Gasteiger partial charge in [0.25, 0.3) is 5.91 Å². The Morgan fingerprint density at radius 3 is 2.57 bits per heavy atom. The molecule has 1 aliphatic rings. The Hall–Kier alpha value is -2.70. The molecule has 3 rings (SSSR count). The second-order valence-electron chi connectivity index (χ2n) is 4.82. The minimum absolute atomic E-state index is 0.00776. The van der Waals surface area contributed by atoms with Crippen molar-refractivity contribution in [3.05, 3.63) is 42.0 Å². The number of hydrogen-bond donors (Lipinski definition) is 0. The Bertz CT molecular complexity index is 683. The predicted molar refractivity (Wildman–Crippen MR) is 73.4 cm³/mol. The van der Waals surface area contributed by atoms with Crippen LogP contribution in [0.4, 0.5) is 10.5 Å². The van der Waals surface area contributed by atoms with Gasteiger partial charge in [-0.25, -0.2) is 4.79 Å². The number of nitrogens with zero attached hydrogens (tertiary/aromatic N) is 4. The van der Waals surface area contributed by atoms with Gasteiger partial charge in [-0.3, -0.25) is 14.6 Å². The van der Waals surface area contributed by atoms with Crippen LogP contribution in [0, 0.1) is 6.92 Å². The molecule has 1 aromatic carbocycles. The molecule has 0 bridgehead atoms. The zero-order valence-corrected chi connectivity index (χ0v) is 11.7. The predicted octanol–water partition coefficient (Wildman–Crippen LogP) is 1.74. The molecule has 0 radical (unpaired) electrons. The van der Waals surface area contributed by atoms with E-state index in [1.54, 1.807) is 26.0 Å². The molecule has 108 valence electrons. The van der Waals surface area contributed by atoms with E-state index >= 15 is 0 Å². The number of imide groups is 1. The SMILES string of the molecule is Cc1noc(CN2C(=O)[C@@H](C)N(c3ccccc3)C2=O)n1. The Morgan fingerprint density at radius 2 is 1.95 bits per heavy atom. The summed E-state index contributed by atoms with van der Waals surface area (Å²) in [6.45, 7) is 3.37. The normalized spacial score (nSPS) is 18.7. The lowest BCUT2D eigenvalue weighted by atomic mass is 10.2. The molecule has 0 saturated carbocycles. The fourth-order valence-electron chi connectivity index (χ4n) is 2.33. The lowest BCUT2D eigenvalue weighted by molar-refractivity contribution is -0.127. The van der Waals surface area contributed by atoms with Crippen LogP contribution in [-0.2, 0) is 11.3 Å². The van der Waals surface area contributed by atoms with Crippen LogP contribution in [0.15, 0.2) is 34.9 Å². The zero-order chi connectivity index (χ0) is 15.0. The van der Waals surface area contributed by atoms with E-state index in [1.165, 1.54) is 4.90 Å². The lowest BCUT2D eigenvalue weighted by Gasteiger charge is -2.18. The molecule has 21 heavy (non-hydrogen) atoms. The van der Waals surface area contributed by atoms with Gasteiger partial charge in [-0.1, -0.05) is 23.4 Å². The molecule has 2 aromatic rings. The molecule has 7 nitrogen and oxygen atoms in total. The second kappa shape index (κ2) is 5.01. The van der Waals surface area contributed by atoms with Gasteiger partial charge in [-0.2, -0.15) is 4.98 Å². The third kappa shape index (κ3) is 2.26. The van der Waals surface area contributed by atoms with Crippen molar-refractivity contribution in [2.24, 2.45) is 0 Å². The third-order valence-electron chi connectivity index (χ3n) is 3.35. The number of aromatic nitrogens is 2. The van der Waals surface area contributed by atoms with Gasteiger partial charge >= 0.3 is 6.03 Å². The number of anilines is 1. The van der Waals surface area contributed by atoms with Crippen LogP contribution >= 0.6 is 0 Å². The molecule has 1 fully saturated rings. The van der Waals surface area contributed by atoms with E-state index in [0.717, 1.165) is 4.90 Å². The van der Waals surface area contributed by atoms with Crippen molar-refractivity contribution in [2.45, 2.75) is 26.4 Å². The summed E-state index contributed by atoms with van der Waals surface area (Å²) >= 11 is 0. The van der Waals surface area contributed by atoms with Crippen LogP contribution in [0.3, 0.4) is 0 Å². The average Bonchev–Trinajstić information content (AvgIpc) is 2.98. The van der Waals surface area contributed by atoms with Gasteiger partial charge in [0.1, 0.15) is 12.6 Å². The smallest absolute Gasteiger partial charge is 0.332 e. The van der Waals surface area contributed by atoms with Crippen molar-refractivity contribution in [3.8, 4) is 0 Å². The largest absolute Gasteiger partial charge is 0.337 e. The summed E-state index contributed by atoms with van der Waals surface area (Å²) in [7, 11) is 0. The molecule has 1 aromatic heterocycles. The maximum Gasteiger partial charge on any atom is 0.332 e. The molecule has 7 heteroatoms. The number of urea groups is 1. The minimum atomic E-state index is -0.552. The van der Waals surface area contributed by atoms with Crippen molar-refractivity contribution in [2.75, 3.05) is 4.90 Å². The first-order valence-corrected chi connectivity index (χ1v) is 6.56. The number of amides is 3. The average molecular weight is 286 g/mol. The van der Waals surface area contributed by atoms with Crippen molar-refractivity contribution in [1.82, 2.24) is 15.0 Å². The number of carbonyl (C=O) groups excluding carboxylic acids is 2. The quantitative estimate of drug-likeness (QED) is 0.803. The molecule has 1 atom stereocenters. The Balaban J connectivity index is 1.87. The van der Waals surface area contributed by atoms with Crippen molar-refractivity contribution < 1.29 is 14.1 Å². The van der Waals surface area contributed by atoms with E-state index in [1.807, 2.05) is 18.2 Å². The van der Waals surface area contributed by atoms with Gasteiger partial charge in [-0.15, -0.1) is 0 Å². The molecule has 0 unspecified atom stereocenters. The van der Waals surface area contributed by atoms with Crippen LogP contribution in [0.25, 0.3) is 0 Å². The number of para-hydroxylation sites is 1. The highest BCUT2D eigenvalue weighted by Crippen LogP contribution is 2.26. The van der Waals surface area contributed by atoms with Crippen molar-refractivity contribution >= 4 is 17.6 Å². The fraction of sp³-hybridized carbons (Fsp3) is 0.286. The van der Waals surface area contributed by atoms with E-state index < -0.39 is 6.04 Å². The van der Waals surface area contributed by atoms with Gasteiger partial charge in [0.05, 0.1) is 0 Å². The number of benzene rings is 1. The molecule has 1 saturated heterocycles. The lowest BCUT2D eigenvalue weighted by Crippen LogP contribution is -2.33. The molecule has 0 N–H and O–H groups in total. The first kappa shape index (κ1) is 13.3. The molecule has 0 spiro atoms. The third-order valence-corrected chi connectivity index (χ3v) is 3.35. The van der Waals surface area contributed by atoms with Gasteiger partial charge in [0.2, 0.25) is 5.89 Å². The van der Waals surface area contributed by atoms with Crippen molar-refractivity contribution in [1.29, 1.82) is 0 Å². The van der Waals surface area contributed by atoms with Crippen LogP contribution in [0.5, 0.6) is 0 Å². The van der Waals surface area contributed by atoms with E-state index in [-0.39, 0.29) is 24.4 Å². The maximum atomic E-state index is 12.5. The highest BCUT2D eigenvalue weighted by atomic mass is 16.5. The summed E-state index contributed by atoms with van der Waals surface area (Å²) in [6.07, 6.45) is 0. The number of hydrogen-bond acceptors (Lipinski definition) is 5. The topological polar surface area (TPSA) is 79.5 Å². The first-order valence-electron chi connectivity index (χ1n) is 6.56. The Kier molecular flexibility index (Phi) is 3.17. The summed E-state index contributed by atoms with van der Waals surface area (Å²) in [5.74, 6) is 0.438. The standard InChI is InChI=1S/C14H14N4O3/c1-9-13(19)17(8-12-15-10(2)16-21-12)14(20)18(9)11-6-4-3-5-7-11/h3-7,9H,8H2,1-2H3/t9-/m1/s1. The van der Waals surface area contributed by atoms with Gasteiger partial charge in [-0.05, 0) is 26.0 Å². The summed E-state index contributed by atoms with van der Waals surface area (Å²) < 4.78 is 4.97. The molecule has 0 aliphatic carbocycles. The maximum absolute atomic E-state index is 12.5. The minimum Gasteiger partial charge on any atom is -0.337 e. The molecule has 3 amide bonds. The fourth-order valence-corrected chi connectivity index (χ4v) is 2.33. The van der Waals surface area contributed by atoms with Crippen molar-refractivity contribution in [3.63, 3.8) is 0 Å². The van der Waals surface area contributed by atoms with E-state index in [0.29, 0.717) is 11.5 Å². The summed E-state index contributed by atoms with van der Waals surface area (Å²) in [5.41, 5.74) is 0.688. The van der Waals surface area contributed by atoms with Crippen LogP contribution < -0.4 is 4.90 Å². The number of aryl methyl sites for hydroxylation is 1. The Labute approximate surface area is 121 Å². The van der Waals surface area contributed by atoms with E-state index in [9.17, 15) is 9.59 Å². The zero-order valence-electron chi connectivity index (χ0n) is 11.7. The molecule has 2 heterocycles. The molecular formula is C14H14N4O3. The van der Waals surface area contributed by atoms with Crippen LogP contribution in [0.1, 0.15) is 18.6 Å². The monoisotopic (exact) mass is 286 g/mol. The number of rotatable bonds is 3.